The van der Waals surface area contributed by atoms with E-state index in [4.69, 9.17) is 0 Å². The van der Waals surface area contributed by atoms with Crippen LogP contribution in [-0.4, -0.2) is 36.0 Å². The standard InChI is InChI=1S/C17H29NOS/c1-6-11-17(2,19)12-13-18-14-15-7-9-16(10-8-15)20(3,4)5/h6-10,18-19H,1,11-14H2,2-5H3. The van der Waals surface area contributed by atoms with Crippen LogP contribution in [0, 0.1) is 0 Å². The summed E-state index contributed by atoms with van der Waals surface area (Å²) in [5.74, 6) is 0. The lowest BCUT2D eigenvalue weighted by Gasteiger charge is -2.26. The van der Waals surface area contributed by atoms with Crippen molar-refractivity contribution in [1.29, 1.82) is 0 Å². The maximum Gasteiger partial charge on any atom is 0.0666 e. The van der Waals surface area contributed by atoms with E-state index in [-0.39, 0.29) is 0 Å². The molecule has 0 radical (unpaired) electrons. The zero-order valence-corrected chi connectivity index (χ0v) is 14.1. The Morgan fingerprint density at radius 2 is 1.85 bits per heavy atom. The maximum absolute atomic E-state index is 10.0. The van der Waals surface area contributed by atoms with Crippen LogP contribution >= 0.6 is 10.0 Å². The van der Waals surface area contributed by atoms with Crippen molar-refractivity contribution in [3.05, 3.63) is 42.5 Å². The second kappa shape index (κ2) is 7.30. The average molecular weight is 295 g/mol. The third-order valence-corrected chi connectivity index (χ3v) is 5.07. The van der Waals surface area contributed by atoms with Gasteiger partial charge in [-0.3, -0.25) is 0 Å². The van der Waals surface area contributed by atoms with Gasteiger partial charge in [0.05, 0.1) is 5.60 Å². The number of rotatable bonds is 8. The largest absolute Gasteiger partial charge is 0.390 e. The summed E-state index contributed by atoms with van der Waals surface area (Å²) >= 11 is 0. The second-order valence-electron chi connectivity index (χ2n) is 6.40. The summed E-state index contributed by atoms with van der Waals surface area (Å²) in [7, 11) is -0.633. The zero-order chi connectivity index (χ0) is 15.2. The van der Waals surface area contributed by atoms with E-state index in [0.717, 1.165) is 19.5 Å². The molecule has 1 aromatic carbocycles. The molecular formula is C17H29NOS. The molecule has 1 aromatic rings. The predicted molar refractivity (Wildman–Crippen MR) is 91.8 cm³/mol. The molecule has 1 atom stereocenters. The van der Waals surface area contributed by atoms with Crippen molar-refractivity contribution >= 4 is 10.0 Å². The predicted octanol–water partition coefficient (Wildman–Crippen LogP) is 3.55. The molecule has 114 valence electrons. The number of hydrogen-bond donors (Lipinski definition) is 2. The van der Waals surface area contributed by atoms with E-state index in [1.807, 2.05) is 6.92 Å². The molecule has 0 bridgehead atoms. The molecule has 1 rings (SSSR count). The van der Waals surface area contributed by atoms with Crippen LogP contribution in [0.25, 0.3) is 0 Å². The number of aliphatic hydroxyl groups is 1. The van der Waals surface area contributed by atoms with Gasteiger partial charge in [0.25, 0.3) is 0 Å². The first kappa shape index (κ1) is 17.3. The minimum Gasteiger partial charge on any atom is -0.390 e. The fourth-order valence-electron chi connectivity index (χ4n) is 2.02. The van der Waals surface area contributed by atoms with Crippen LogP contribution < -0.4 is 5.32 Å². The molecule has 2 nitrogen and oxygen atoms in total. The van der Waals surface area contributed by atoms with Gasteiger partial charge in [-0.05, 0) is 67.7 Å². The summed E-state index contributed by atoms with van der Waals surface area (Å²) in [5.41, 5.74) is 0.648. The van der Waals surface area contributed by atoms with Crippen molar-refractivity contribution in [2.75, 3.05) is 25.3 Å². The van der Waals surface area contributed by atoms with Crippen LogP contribution in [0.1, 0.15) is 25.3 Å². The first-order valence-corrected chi connectivity index (χ1v) is 9.92. The monoisotopic (exact) mass is 295 g/mol. The Morgan fingerprint density at radius 1 is 1.25 bits per heavy atom. The smallest absolute Gasteiger partial charge is 0.0666 e. The lowest BCUT2D eigenvalue weighted by atomic mass is 9.98. The highest BCUT2D eigenvalue weighted by Crippen LogP contribution is 2.44. The third-order valence-electron chi connectivity index (χ3n) is 3.38. The second-order valence-corrected chi connectivity index (χ2v) is 10.5. The molecule has 0 saturated heterocycles. The maximum atomic E-state index is 10.0. The van der Waals surface area contributed by atoms with Gasteiger partial charge in [0.15, 0.2) is 0 Å². The average Bonchev–Trinajstić information content (AvgIpc) is 2.34. The van der Waals surface area contributed by atoms with Gasteiger partial charge in [0.2, 0.25) is 0 Å². The number of hydrogen-bond acceptors (Lipinski definition) is 2. The van der Waals surface area contributed by atoms with Crippen LogP contribution in [0.3, 0.4) is 0 Å². The van der Waals surface area contributed by atoms with E-state index >= 15 is 0 Å². The van der Waals surface area contributed by atoms with Gasteiger partial charge < -0.3 is 10.4 Å². The number of nitrogens with one attached hydrogen (secondary N) is 1. The summed E-state index contributed by atoms with van der Waals surface area (Å²) in [5, 5.41) is 13.4. The van der Waals surface area contributed by atoms with E-state index in [1.54, 1.807) is 6.08 Å². The van der Waals surface area contributed by atoms with Gasteiger partial charge in [-0.15, -0.1) is 6.58 Å². The Labute approximate surface area is 125 Å². The molecule has 0 spiro atoms. The molecule has 3 heteroatoms. The van der Waals surface area contributed by atoms with Crippen LogP contribution in [0.5, 0.6) is 0 Å². The van der Waals surface area contributed by atoms with Crippen LogP contribution in [-0.2, 0) is 6.54 Å². The molecule has 2 N–H and O–H groups in total. The zero-order valence-electron chi connectivity index (χ0n) is 13.3. The molecule has 0 aliphatic heterocycles. The minimum absolute atomic E-state index is 0.633. The SMILES string of the molecule is C=CCC(C)(O)CCNCc1ccc(S(C)(C)C)cc1. The van der Waals surface area contributed by atoms with Crippen LogP contribution in [0.2, 0.25) is 0 Å². The summed E-state index contributed by atoms with van der Waals surface area (Å²) in [4.78, 5) is 1.44. The highest BCUT2D eigenvalue weighted by atomic mass is 32.3. The van der Waals surface area contributed by atoms with E-state index < -0.39 is 15.6 Å². The summed E-state index contributed by atoms with van der Waals surface area (Å²) < 4.78 is 0. The van der Waals surface area contributed by atoms with Crippen LogP contribution in [0.4, 0.5) is 0 Å². The molecule has 1 unspecified atom stereocenters. The molecule has 0 saturated carbocycles. The van der Waals surface area contributed by atoms with E-state index in [0.29, 0.717) is 6.42 Å². The summed E-state index contributed by atoms with van der Waals surface area (Å²) in [6.07, 6.45) is 10.1. The molecule has 0 aliphatic rings. The third kappa shape index (κ3) is 6.12. The van der Waals surface area contributed by atoms with Gasteiger partial charge in [0, 0.05) is 6.54 Å². The van der Waals surface area contributed by atoms with Gasteiger partial charge >= 0.3 is 0 Å². The molecule has 0 fully saturated rings. The fourth-order valence-corrected chi connectivity index (χ4v) is 2.97. The van der Waals surface area contributed by atoms with Gasteiger partial charge in [-0.25, -0.2) is 10.0 Å². The quantitative estimate of drug-likeness (QED) is 0.568. The lowest BCUT2D eigenvalue weighted by Crippen LogP contribution is -2.29. The molecular weight excluding hydrogens is 266 g/mol. The normalized spacial score (nSPS) is 15.7. The van der Waals surface area contributed by atoms with Crippen molar-refractivity contribution < 1.29 is 5.11 Å². The van der Waals surface area contributed by atoms with Crippen molar-refractivity contribution in [1.82, 2.24) is 5.32 Å². The molecule has 20 heavy (non-hydrogen) atoms. The van der Waals surface area contributed by atoms with Crippen molar-refractivity contribution in [3.8, 4) is 0 Å². The van der Waals surface area contributed by atoms with E-state index in [1.165, 1.54) is 10.5 Å². The van der Waals surface area contributed by atoms with Crippen molar-refractivity contribution in [2.24, 2.45) is 0 Å². The van der Waals surface area contributed by atoms with Gasteiger partial charge in [0.1, 0.15) is 0 Å². The van der Waals surface area contributed by atoms with Crippen LogP contribution in [0.15, 0.2) is 41.8 Å². The Morgan fingerprint density at radius 3 is 2.35 bits per heavy atom. The Balaban J connectivity index is 2.38. The van der Waals surface area contributed by atoms with Crippen molar-refractivity contribution in [2.45, 2.75) is 36.8 Å². The fraction of sp³-hybridized carbons (Fsp3) is 0.529. The van der Waals surface area contributed by atoms with Crippen molar-refractivity contribution in [3.63, 3.8) is 0 Å². The summed E-state index contributed by atoms with van der Waals surface area (Å²) in [6.45, 7) is 7.19. The highest BCUT2D eigenvalue weighted by molar-refractivity contribution is 8.32. The topological polar surface area (TPSA) is 32.3 Å². The number of benzene rings is 1. The molecule has 0 heterocycles. The van der Waals surface area contributed by atoms with E-state index in [9.17, 15) is 5.11 Å². The minimum atomic E-state index is -0.645. The molecule has 0 aliphatic carbocycles. The van der Waals surface area contributed by atoms with E-state index in [2.05, 4.69) is 54.9 Å². The van der Waals surface area contributed by atoms with Gasteiger partial charge in [-0.1, -0.05) is 18.2 Å². The Bertz CT molecular complexity index is 418. The van der Waals surface area contributed by atoms with Gasteiger partial charge in [-0.2, -0.15) is 0 Å². The highest BCUT2D eigenvalue weighted by Gasteiger charge is 2.17. The molecule has 0 aromatic heterocycles. The Hall–Kier alpha value is -0.770. The first-order chi connectivity index (χ1) is 9.24. The lowest BCUT2D eigenvalue weighted by molar-refractivity contribution is 0.0543. The summed E-state index contributed by atoms with van der Waals surface area (Å²) in [6, 6.07) is 8.87. The Kier molecular flexibility index (Phi) is 6.31. The molecule has 0 amide bonds. The first-order valence-electron chi connectivity index (χ1n) is 7.06.